The van der Waals surface area contributed by atoms with Gasteiger partial charge in [0, 0.05) is 57.3 Å². The highest BCUT2D eigenvalue weighted by molar-refractivity contribution is 5.99. The molecule has 0 saturated carbocycles. The molecule has 766 valence electrons. The van der Waals surface area contributed by atoms with Crippen LogP contribution in [0.4, 0.5) is 30.6 Å². The van der Waals surface area contributed by atoms with Crippen molar-refractivity contribution in [3.63, 3.8) is 0 Å². The van der Waals surface area contributed by atoms with Crippen molar-refractivity contribution in [3.05, 3.63) is 453 Å². The maximum Gasteiger partial charge on any atom is 0.321 e. The summed E-state index contributed by atoms with van der Waals surface area (Å²) < 4.78 is 5.49. The molecule has 0 bridgehead atoms. The molecule has 1 aliphatic heterocycles. The van der Waals surface area contributed by atoms with E-state index in [1.807, 2.05) is 364 Å². The Morgan fingerprint density at radius 2 is 0.608 bits per heavy atom. The third-order valence-corrected chi connectivity index (χ3v) is 23.4. The number of hydrogen-bond acceptors (Lipinski definition) is 16. The van der Waals surface area contributed by atoms with Gasteiger partial charge in [-0.1, -0.05) is 340 Å². The lowest BCUT2D eigenvalue weighted by Crippen LogP contribution is -2.47. The van der Waals surface area contributed by atoms with Crippen LogP contribution in [-0.2, 0) is 102 Å². The number of nitrogens with one attached hydrogen (secondary N) is 12. The summed E-state index contributed by atoms with van der Waals surface area (Å²) in [4.78, 5) is 118. The van der Waals surface area contributed by atoms with E-state index in [9.17, 15) is 38.4 Å². The molecular formula is C116H131N21O11. The second kappa shape index (κ2) is 61.5. The third-order valence-electron chi connectivity index (χ3n) is 23.4. The van der Waals surface area contributed by atoms with Crippen LogP contribution >= 0.6 is 0 Å². The molecule has 1 saturated heterocycles. The van der Waals surface area contributed by atoms with Gasteiger partial charge in [-0.15, -0.1) is 0 Å². The van der Waals surface area contributed by atoms with Crippen LogP contribution < -0.4 is 92.5 Å². The van der Waals surface area contributed by atoms with Gasteiger partial charge in [-0.2, -0.15) is 0 Å². The SMILES string of the molecule is CC(CO)NC(=O)NC(N)=NCc1cccc(CNC(=O)C(Cc2ccccc2)c2ccccc2)c1.NC(=NCc1cccc(CNC(=O)C(Cc2ccccc2)c2ccccc2)c1)NC(=O)NCCO.NC(=NCc1cccc(NC(=O)C(Cc2ccccc2)c2ccccc2)c1)NC(=O)NCC1CCCO1.NCc1cccc(CNC(=O)NC(N)=NCc2cccc(NC(=O)C(Cc3ccccc3)c3ccccc3)c2)c1. The molecule has 32 nitrogen and oxygen atoms in total. The van der Waals surface area contributed by atoms with Crippen LogP contribution in [0, 0.1) is 0 Å². The molecular weight excluding hydrogens is 1860 g/mol. The molecule has 0 aromatic heterocycles. The predicted octanol–water partition coefficient (Wildman–Crippen LogP) is 13.6. The van der Waals surface area contributed by atoms with Crippen LogP contribution in [0.5, 0.6) is 0 Å². The number of amides is 12. The standard InChI is InChI=1S/C32H34N6O2.C29H33N5O3.C28H33N5O3.C27H31N5O3/c33-20-24-11-7-12-25(17-24)22-36-32(40)38-31(34)35-21-26-13-8-16-28(18-26)37-30(39)29(27-14-5-2-6-15-27)19-23-9-3-1-4-10-23;30-28(34-29(36)32-20-25-15-8-16-37-25)31-19-22-11-7-14-24(17-22)33-27(35)26(23-12-5-2-6-13-23)18-21-9-3-1-4-10-21;1-20(19-34)32-28(36)33-27(29)31-18-23-12-8-11-22(15-23)17-30-26(35)25(24-13-6-3-7-14-24)16-21-9-4-2-5-10-21;28-26(32-27(35)29-14-15-33)31-19-22-11-7-10-21(16-22)18-30-25(34)24(23-12-5-2-6-13-23)17-20-8-3-1-4-9-20/h1-18,29H,19-22,33H2,(H,37,39)(H4,34,35,36,38,40);1-7,9-14,17,25-26H,8,15-16,18-20H2,(H,33,35)(H4,30,31,32,34,36);2-15,20,25,34H,16-19H2,1H3,(H,30,35)(H4,29,31,32,33,36);1-13,16,24,33H,14-15,17-19H2,(H,30,34)(H4,28,29,31,32,35). The van der Waals surface area contributed by atoms with E-state index in [1.165, 1.54) is 0 Å². The number of nitrogens with zero attached hydrogens (tertiary/aromatic N) is 4. The highest BCUT2D eigenvalue weighted by atomic mass is 16.5. The number of urea groups is 4. The van der Waals surface area contributed by atoms with Gasteiger partial charge in [0.2, 0.25) is 23.6 Å². The van der Waals surface area contributed by atoms with Gasteiger partial charge in [-0.3, -0.25) is 40.4 Å². The van der Waals surface area contributed by atoms with E-state index in [0.29, 0.717) is 69.8 Å². The molecule has 1 heterocycles. The van der Waals surface area contributed by atoms with Crippen molar-refractivity contribution in [2.24, 2.45) is 48.6 Å². The number of nitrogens with two attached hydrogens (primary N) is 5. The summed E-state index contributed by atoms with van der Waals surface area (Å²) in [6.07, 6.45) is 4.41. The number of aliphatic hydroxyl groups is 2. The molecule has 0 spiro atoms. The molecule has 0 radical (unpaired) electrons. The Hall–Kier alpha value is -17.5. The minimum atomic E-state index is -0.530. The molecule has 1 fully saturated rings. The number of benzene rings is 13. The Morgan fingerprint density at radius 3 is 0.939 bits per heavy atom. The van der Waals surface area contributed by atoms with Crippen molar-refractivity contribution in [1.82, 2.24) is 53.2 Å². The second-order valence-electron chi connectivity index (χ2n) is 35.0. The summed E-state index contributed by atoms with van der Waals surface area (Å²) in [5.74, 6) is -1.56. The van der Waals surface area contributed by atoms with E-state index in [4.69, 9.17) is 43.6 Å². The fourth-order valence-electron chi connectivity index (χ4n) is 15.8. The number of ether oxygens (including phenoxy) is 1. The zero-order valence-electron chi connectivity index (χ0n) is 82.8. The number of guanidine groups is 4. The molecule has 14 rings (SSSR count). The first-order valence-corrected chi connectivity index (χ1v) is 48.9. The molecule has 13 aromatic carbocycles. The number of carbonyl (C=O) groups excluding carboxylic acids is 8. The number of aliphatic hydroxyl groups excluding tert-OH is 2. The lowest BCUT2D eigenvalue weighted by atomic mass is 9.91. The Bertz CT molecular complexity index is 6460. The smallest absolute Gasteiger partial charge is 0.321 e. The molecule has 1 aliphatic rings. The predicted molar refractivity (Wildman–Crippen MR) is 582 cm³/mol. The van der Waals surface area contributed by atoms with E-state index in [0.717, 1.165) is 108 Å². The van der Waals surface area contributed by atoms with Crippen molar-refractivity contribution >= 4 is 83.0 Å². The van der Waals surface area contributed by atoms with Crippen LogP contribution in [0.2, 0.25) is 0 Å². The zero-order chi connectivity index (χ0) is 105. The van der Waals surface area contributed by atoms with Gasteiger partial charge in [-0.05, 0) is 159 Å². The lowest BCUT2D eigenvalue weighted by Gasteiger charge is -2.18. The quantitative estimate of drug-likeness (QED) is 0.0126. The molecule has 148 heavy (non-hydrogen) atoms. The van der Waals surface area contributed by atoms with Crippen LogP contribution in [0.3, 0.4) is 0 Å². The minimum Gasteiger partial charge on any atom is -0.395 e. The second-order valence-corrected chi connectivity index (χ2v) is 35.0. The van der Waals surface area contributed by atoms with E-state index < -0.39 is 24.1 Å². The van der Waals surface area contributed by atoms with Crippen LogP contribution in [0.25, 0.3) is 0 Å². The lowest BCUT2D eigenvalue weighted by molar-refractivity contribution is -0.123. The van der Waals surface area contributed by atoms with Gasteiger partial charge in [-0.25, -0.2) is 39.1 Å². The van der Waals surface area contributed by atoms with Gasteiger partial charge in [0.15, 0.2) is 23.8 Å². The zero-order valence-corrected chi connectivity index (χ0v) is 82.8. The Kier molecular flexibility index (Phi) is 46.1. The number of anilines is 2. The van der Waals surface area contributed by atoms with Crippen LogP contribution in [-0.4, -0.2) is 127 Å². The Morgan fingerprint density at radius 1 is 0.324 bits per heavy atom. The van der Waals surface area contributed by atoms with Crippen molar-refractivity contribution in [2.75, 3.05) is 43.5 Å². The van der Waals surface area contributed by atoms with E-state index >= 15 is 0 Å². The van der Waals surface area contributed by atoms with E-state index in [-0.39, 0.29) is 129 Å². The van der Waals surface area contributed by atoms with E-state index in [1.54, 1.807) is 6.92 Å². The number of hydrogen-bond donors (Lipinski definition) is 19. The first kappa shape index (κ1) is 111. The van der Waals surface area contributed by atoms with E-state index in [2.05, 4.69) is 83.8 Å². The fraction of sp³-hybridized carbons (Fsp3) is 0.224. The summed E-state index contributed by atoms with van der Waals surface area (Å²) in [5, 5.41) is 50.3. The van der Waals surface area contributed by atoms with Gasteiger partial charge < -0.3 is 86.2 Å². The maximum absolute atomic E-state index is 13.4. The molecule has 12 amide bonds. The summed E-state index contributed by atoms with van der Waals surface area (Å²) in [5.41, 5.74) is 45.8. The number of aliphatic imine (C=N–C) groups is 4. The average molecular weight is 2000 g/mol. The minimum absolute atomic E-state index is 0.00495. The molecule has 24 N–H and O–H groups in total. The van der Waals surface area contributed by atoms with Crippen LogP contribution in [0.15, 0.2) is 384 Å². The summed E-state index contributed by atoms with van der Waals surface area (Å²) >= 11 is 0. The number of carbonyl (C=O) groups is 8. The van der Waals surface area contributed by atoms with Gasteiger partial charge in [0.05, 0.1) is 75.2 Å². The average Bonchev–Trinajstić information content (AvgIpc) is 1.07. The molecule has 6 atom stereocenters. The van der Waals surface area contributed by atoms with Gasteiger partial charge >= 0.3 is 24.1 Å². The maximum atomic E-state index is 13.4. The first-order chi connectivity index (χ1) is 72.0. The van der Waals surface area contributed by atoms with Gasteiger partial charge in [0.1, 0.15) is 0 Å². The van der Waals surface area contributed by atoms with Crippen LogP contribution in [0.1, 0.15) is 132 Å². The fourth-order valence-corrected chi connectivity index (χ4v) is 15.8. The monoisotopic (exact) mass is 1990 g/mol. The summed E-state index contributed by atoms with van der Waals surface area (Å²) in [6.45, 7) is 5.20. The van der Waals surface area contributed by atoms with Crippen molar-refractivity contribution < 1.29 is 53.3 Å². The Labute approximate surface area is 863 Å². The Balaban J connectivity index is 0.000000188. The number of rotatable bonds is 39. The summed E-state index contributed by atoms with van der Waals surface area (Å²) in [6, 6.07) is 115. The van der Waals surface area contributed by atoms with Gasteiger partial charge in [0.25, 0.3) is 0 Å². The molecule has 13 aromatic rings. The van der Waals surface area contributed by atoms with Crippen molar-refractivity contribution in [3.8, 4) is 0 Å². The normalized spacial score (nSPS) is 13.2. The van der Waals surface area contributed by atoms with Crippen molar-refractivity contribution in [1.29, 1.82) is 0 Å². The van der Waals surface area contributed by atoms with Crippen molar-refractivity contribution in [2.45, 2.75) is 134 Å². The highest BCUT2D eigenvalue weighted by Crippen LogP contribution is 2.29. The molecule has 0 aliphatic carbocycles. The summed E-state index contributed by atoms with van der Waals surface area (Å²) in [7, 11) is 0. The highest BCUT2D eigenvalue weighted by Gasteiger charge is 2.27. The third kappa shape index (κ3) is 40.4. The molecule has 6 unspecified atom stereocenters. The first-order valence-electron chi connectivity index (χ1n) is 48.9. The largest absolute Gasteiger partial charge is 0.395 e. The topological polar surface area (TPSA) is 510 Å². The molecule has 32 heteroatoms.